The van der Waals surface area contributed by atoms with E-state index in [9.17, 15) is 15.3 Å². The van der Waals surface area contributed by atoms with Crippen LogP contribution in [0.2, 0.25) is 0 Å². The van der Waals surface area contributed by atoms with Crippen LogP contribution in [0.25, 0.3) is 0 Å². The lowest BCUT2D eigenvalue weighted by atomic mass is 9.61. The molecule has 4 atom stereocenters. The highest BCUT2D eigenvalue weighted by atomic mass is 16.5. The zero-order chi connectivity index (χ0) is 16.1. The first-order valence-electron chi connectivity index (χ1n) is 7.67. The number of aliphatic hydroxyl groups excluding tert-OH is 3. The van der Waals surface area contributed by atoms with Crippen LogP contribution in [0.4, 0.5) is 0 Å². The van der Waals surface area contributed by atoms with E-state index >= 15 is 0 Å². The molecule has 0 aromatic rings. The van der Waals surface area contributed by atoms with Crippen LogP contribution in [-0.2, 0) is 4.74 Å². The van der Waals surface area contributed by atoms with Crippen molar-refractivity contribution in [3.05, 3.63) is 0 Å². The van der Waals surface area contributed by atoms with Gasteiger partial charge in [-0.15, -0.1) is 0 Å². The number of rotatable bonds is 9. The molecule has 0 aliphatic carbocycles. The summed E-state index contributed by atoms with van der Waals surface area (Å²) in [6.45, 7) is 11.2. The standard InChI is InChI=1S/C16H34O4/c1-8-13(20-7)10-16(11(3)17,12(4)18)14(19)15(5,6)9-2/h11-14,17-19H,8-10H2,1-7H3. The van der Waals surface area contributed by atoms with Crippen molar-refractivity contribution in [1.82, 2.24) is 0 Å². The minimum atomic E-state index is -0.990. The van der Waals surface area contributed by atoms with Gasteiger partial charge in [-0.1, -0.05) is 27.7 Å². The van der Waals surface area contributed by atoms with Gasteiger partial charge in [0.15, 0.2) is 0 Å². The summed E-state index contributed by atoms with van der Waals surface area (Å²) in [6, 6.07) is 0. The summed E-state index contributed by atoms with van der Waals surface area (Å²) in [6.07, 6.45) is -0.596. The molecule has 3 N–H and O–H groups in total. The second-order valence-corrected chi connectivity index (χ2v) is 6.68. The van der Waals surface area contributed by atoms with Crippen molar-refractivity contribution in [1.29, 1.82) is 0 Å². The molecule has 0 saturated carbocycles. The monoisotopic (exact) mass is 290 g/mol. The number of hydrogen-bond donors (Lipinski definition) is 3. The van der Waals surface area contributed by atoms with E-state index in [1.54, 1.807) is 21.0 Å². The van der Waals surface area contributed by atoms with Gasteiger partial charge in [-0.05, 0) is 38.5 Å². The van der Waals surface area contributed by atoms with E-state index in [1.807, 2.05) is 27.7 Å². The van der Waals surface area contributed by atoms with E-state index in [0.717, 1.165) is 12.8 Å². The maximum absolute atomic E-state index is 10.9. The molecule has 0 aromatic heterocycles. The Morgan fingerprint density at radius 2 is 1.45 bits per heavy atom. The first kappa shape index (κ1) is 19.8. The Morgan fingerprint density at radius 1 is 1.00 bits per heavy atom. The fourth-order valence-electron chi connectivity index (χ4n) is 2.97. The SMILES string of the molecule is CCC(CC(C(C)O)(C(C)O)C(O)C(C)(C)CC)OC. The maximum Gasteiger partial charge on any atom is 0.0697 e. The highest BCUT2D eigenvalue weighted by Gasteiger charge is 2.52. The number of aliphatic hydroxyl groups is 3. The highest BCUT2D eigenvalue weighted by Crippen LogP contribution is 2.45. The molecule has 0 amide bonds. The Balaban J connectivity index is 5.66. The summed E-state index contributed by atoms with van der Waals surface area (Å²) in [4.78, 5) is 0. The van der Waals surface area contributed by atoms with Crippen LogP contribution in [-0.4, -0.2) is 46.8 Å². The Labute approximate surface area is 124 Å². The lowest BCUT2D eigenvalue weighted by Gasteiger charge is -2.50. The third kappa shape index (κ3) is 3.94. The first-order valence-corrected chi connectivity index (χ1v) is 7.67. The van der Waals surface area contributed by atoms with Crippen molar-refractivity contribution in [2.45, 2.75) is 85.2 Å². The molecule has 4 heteroatoms. The molecule has 0 rings (SSSR count). The zero-order valence-electron chi connectivity index (χ0n) is 14.2. The molecule has 0 spiro atoms. The quantitative estimate of drug-likeness (QED) is 0.609. The average molecular weight is 290 g/mol. The van der Waals surface area contributed by atoms with Crippen molar-refractivity contribution in [2.24, 2.45) is 10.8 Å². The second-order valence-electron chi connectivity index (χ2n) is 6.68. The van der Waals surface area contributed by atoms with Crippen LogP contribution in [0, 0.1) is 10.8 Å². The third-order valence-electron chi connectivity index (χ3n) is 5.09. The van der Waals surface area contributed by atoms with Gasteiger partial charge in [-0.2, -0.15) is 0 Å². The fraction of sp³-hybridized carbons (Fsp3) is 1.00. The molecule has 4 unspecified atom stereocenters. The van der Waals surface area contributed by atoms with Crippen molar-refractivity contribution in [3.8, 4) is 0 Å². The summed E-state index contributed by atoms with van der Waals surface area (Å²) in [5.41, 5.74) is -1.38. The minimum absolute atomic E-state index is 0.0958. The van der Waals surface area contributed by atoms with Crippen molar-refractivity contribution >= 4 is 0 Å². The molecule has 0 aliphatic rings. The first-order chi connectivity index (χ1) is 9.09. The van der Waals surface area contributed by atoms with Crippen LogP contribution in [0.15, 0.2) is 0 Å². The van der Waals surface area contributed by atoms with Gasteiger partial charge in [0.25, 0.3) is 0 Å². The topological polar surface area (TPSA) is 69.9 Å². The van der Waals surface area contributed by atoms with Crippen LogP contribution in [0.1, 0.15) is 60.8 Å². The van der Waals surface area contributed by atoms with Crippen LogP contribution in [0.3, 0.4) is 0 Å². The summed E-state index contributed by atoms with van der Waals surface area (Å²) in [5, 5.41) is 31.5. The number of methoxy groups -OCH3 is 1. The number of ether oxygens (including phenoxy) is 1. The molecule has 20 heavy (non-hydrogen) atoms. The summed E-state index contributed by atoms with van der Waals surface area (Å²) in [5.74, 6) is 0. The van der Waals surface area contributed by atoms with E-state index < -0.39 is 23.7 Å². The molecule has 0 bridgehead atoms. The molecule has 0 saturated heterocycles. The van der Waals surface area contributed by atoms with Crippen LogP contribution in [0.5, 0.6) is 0 Å². The van der Waals surface area contributed by atoms with E-state index in [-0.39, 0.29) is 11.5 Å². The van der Waals surface area contributed by atoms with Gasteiger partial charge in [0.1, 0.15) is 0 Å². The van der Waals surface area contributed by atoms with Crippen molar-refractivity contribution < 1.29 is 20.1 Å². The summed E-state index contributed by atoms with van der Waals surface area (Å²) >= 11 is 0. The zero-order valence-corrected chi connectivity index (χ0v) is 14.2. The smallest absolute Gasteiger partial charge is 0.0697 e. The van der Waals surface area contributed by atoms with E-state index in [0.29, 0.717) is 6.42 Å². The largest absolute Gasteiger partial charge is 0.393 e. The predicted octanol–water partition coefficient (Wildman–Crippen LogP) is 2.35. The van der Waals surface area contributed by atoms with Gasteiger partial charge >= 0.3 is 0 Å². The van der Waals surface area contributed by atoms with Crippen LogP contribution >= 0.6 is 0 Å². The predicted molar refractivity (Wildman–Crippen MR) is 81.6 cm³/mol. The van der Waals surface area contributed by atoms with Gasteiger partial charge in [0.2, 0.25) is 0 Å². The molecule has 122 valence electrons. The van der Waals surface area contributed by atoms with Crippen LogP contribution < -0.4 is 0 Å². The van der Waals surface area contributed by atoms with E-state index in [1.165, 1.54) is 0 Å². The van der Waals surface area contributed by atoms with Crippen molar-refractivity contribution in [3.63, 3.8) is 0 Å². The molecule has 0 fully saturated rings. The van der Waals surface area contributed by atoms with Gasteiger partial charge in [-0.3, -0.25) is 0 Å². The fourth-order valence-corrected chi connectivity index (χ4v) is 2.97. The highest BCUT2D eigenvalue weighted by molar-refractivity contribution is 5.01. The molecular weight excluding hydrogens is 256 g/mol. The lowest BCUT2D eigenvalue weighted by Crippen LogP contribution is -2.58. The van der Waals surface area contributed by atoms with Gasteiger partial charge in [0.05, 0.1) is 29.8 Å². The minimum Gasteiger partial charge on any atom is -0.393 e. The van der Waals surface area contributed by atoms with Gasteiger partial charge < -0.3 is 20.1 Å². The van der Waals surface area contributed by atoms with Gasteiger partial charge in [0, 0.05) is 7.11 Å². The molecular formula is C16H34O4. The molecule has 0 radical (unpaired) electrons. The normalized spacial score (nSPS) is 21.9. The van der Waals surface area contributed by atoms with Crippen molar-refractivity contribution in [2.75, 3.05) is 7.11 Å². The van der Waals surface area contributed by atoms with E-state index in [2.05, 4.69) is 0 Å². The Morgan fingerprint density at radius 3 is 1.70 bits per heavy atom. The van der Waals surface area contributed by atoms with E-state index in [4.69, 9.17) is 4.74 Å². The second kappa shape index (κ2) is 7.74. The summed E-state index contributed by atoms with van der Waals surface area (Å²) < 4.78 is 5.42. The summed E-state index contributed by atoms with van der Waals surface area (Å²) in [7, 11) is 1.63. The average Bonchev–Trinajstić information content (AvgIpc) is 2.38. The molecule has 0 aliphatic heterocycles. The molecule has 0 heterocycles. The number of hydrogen-bond acceptors (Lipinski definition) is 4. The third-order valence-corrected chi connectivity index (χ3v) is 5.09. The maximum atomic E-state index is 10.9. The lowest BCUT2D eigenvalue weighted by molar-refractivity contribution is -0.181. The Kier molecular flexibility index (Phi) is 7.67. The Bertz CT molecular complexity index is 262. The Hall–Kier alpha value is -0.160. The van der Waals surface area contributed by atoms with Gasteiger partial charge in [-0.25, -0.2) is 0 Å². The molecule has 0 aromatic carbocycles. The molecule has 4 nitrogen and oxygen atoms in total.